The van der Waals surface area contributed by atoms with E-state index in [9.17, 15) is 0 Å². The van der Waals surface area contributed by atoms with Gasteiger partial charge in [0.05, 0.1) is 0 Å². The van der Waals surface area contributed by atoms with Crippen LogP contribution in [0.4, 0.5) is 0 Å². The van der Waals surface area contributed by atoms with Gasteiger partial charge in [0, 0.05) is 19.5 Å². The second-order valence-corrected chi connectivity index (χ2v) is 5.86. The summed E-state index contributed by atoms with van der Waals surface area (Å²) in [4.78, 5) is 4.44. The van der Waals surface area contributed by atoms with Crippen LogP contribution in [0, 0.1) is 17.3 Å². The van der Waals surface area contributed by atoms with Crippen molar-refractivity contribution in [2.75, 3.05) is 13.6 Å². The van der Waals surface area contributed by atoms with Gasteiger partial charge in [0.15, 0.2) is 0 Å². The Balaban J connectivity index is 1.76. The van der Waals surface area contributed by atoms with E-state index >= 15 is 0 Å². The predicted molar refractivity (Wildman–Crippen MR) is 66.6 cm³/mol. The number of nitrogens with zero attached hydrogens (tertiary/aromatic N) is 3. The second-order valence-electron chi connectivity index (χ2n) is 5.86. The molecule has 2 aliphatic rings. The van der Waals surface area contributed by atoms with Crippen LogP contribution in [-0.2, 0) is 13.0 Å². The fourth-order valence-electron chi connectivity index (χ4n) is 3.76. The van der Waals surface area contributed by atoms with Crippen molar-refractivity contribution < 1.29 is 0 Å². The Bertz CT molecular complexity index is 388. The van der Waals surface area contributed by atoms with Crippen molar-refractivity contribution in [3.63, 3.8) is 0 Å². The first-order valence-corrected chi connectivity index (χ1v) is 6.77. The molecule has 2 saturated carbocycles. The fourth-order valence-corrected chi connectivity index (χ4v) is 3.76. The van der Waals surface area contributed by atoms with Crippen molar-refractivity contribution in [3.05, 3.63) is 12.2 Å². The Labute approximate surface area is 103 Å². The molecular weight excluding hydrogens is 212 g/mol. The molecule has 0 aliphatic heterocycles. The highest BCUT2D eigenvalue weighted by atomic mass is 15.3. The first-order chi connectivity index (χ1) is 8.26. The van der Waals surface area contributed by atoms with E-state index in [1.807, 2.05) is 4.68 Å². The first kappa shape index (κ1) is 11.2. The predicted octanol–water partition coefficient (Wildman–Crippen LogP) is 1.48. The van der Waals surface area contributed by atoms with E-state index in [1.54, 1.807) is 6.33 Å². The number of nitrogens with one attached hydrogen (secondary N) is 1. The lowest BCUT2D eigenvalue weighted by Gasteiger charge is -2.30. The molecule has 0 bridgehead atoms. The monoisotopic (exact) mass is 234 g/mol. The van der Waals surface area contributed by atoms with Crippen LogP contribution in [0.25, 0.3) is 0 Å². The van der Waals surface area contributed by atoms with Crippen LogP contribution < -0.4 is 5.32 Å². The third-order valence-electron chi connectivity index (χ3n) is 4.54. The molecule has 2 fully saturated rings. The van der Waals surface area contributed by atoms with Crippen molar-refractivity contribution in [2.45, 2.75) is 39.2 Å². The zero-order valence-electron chi connectivity index (χ0n) is 10.8. The van der Waals surface area contributed by atoms with Crippen molar-refractivity contribution in [3.8, 4) is 0 Å². The molecular formula is C13H22N4. The maximum atomic E-state index is 4.44. The van der Waals surface area contributed by atoms with Crippen molar-refractivity contribution in [1.29, 1.82) is 0 Å². The van der Waals surface area contributed by atoms with Crippen LogP contribution in [0.1, 0.15) is 32.0 Å². The fraction of sp³-hybridized carbons (Fsp3) is 0.846. The molecule has 2 atom stereocenters. The maximum Gasteiger partial charge on any atom is 0.138 e. The molecule has 1 heterocycles. The quantitative estimate of drug-likeness (QED) is 0.839. The molecule has 0 saturated heterocycles. The third-order valence-corrected chi connectivity index (χ3v) is 4.54. The van der Waals surface area contributed by atoms with Gasteiger partial charge in [-0.15, -0.1) is 0 Å². The van der Waals surface area contributed by atoms with Crippen LogP contribution in [-0.4, -0.2) is 28.4 Å². The molecule has 1 N–H and O–H groups in total. The average molecular weight is 234 g/mol. The normalized spacial score (nSPS) is 34.9. The Morgan fingerprint density at radius 2 is 2.24 bits per heavy atom. The molecule has 0 aromatic carbocycles. The maximum absolute atomic E-state index is 4.44. The highest BCUT2D eigenvalue weighted by Crippen LogP contribution is 2.60. The molecule has 1 aromatic rings. The Hall–Kier alpha value is -0.900. The lowest BCUT2D eigenvalue weighted by molar-refractivity contribution is 0.246. The molecule has 94 valence electrons. The Morgan fingerprint density at radius 3 is 2.88 bits per heavy atom. The van der Waals surface area contributed by atoms with Crippen LogP contribution in [0.2, 0.25) is 0 Å². The standard InChI is InChI=1S/C13H22N4/c1-3-17-12(15-9-16-17)7-13(8-14-2)5-10-4-11(10)6-13/h9-11,14H,3-8H2,1-2H3. The summed E-state index contributed by atoms with van der Waals surface area (Å²) in [5.74, 6) is 3.20. The molecule has 2 aliphatic carbocycles. The third kappa shape index (κ3) is 1.99. The molecule has 2 unspecified atom stereocenters. The lowest BCUT2D eigenvalue weighted by Crippen LogP contribution is -2.34. The number of aryl methyl sites for hydroxylation is 1. The summed E-state index contributed by atoms with van der Waals surface area (Å²) in [6, 6.07) is 0. The summed E-state index contributed by atoms with van der Waals surface area (Å²) in [6.07, 6.45) is 7.03. The molecule has 17 heavy (non-hydrogen) atoms. The molecule has 1 aromatic heterocycles. The van der Waals surface area contributed by atoms with Gasteiger partial charge in [-0.05, 0) is 50.5 Å². The van der Waals surface area contributed by atoms with Crippen molar-refractivity contribution in [1.82, 2.24) is 20.1 Å². The van der Waals surface area contributed by atoms with E-state index < -0.39 is 0 Å². The minimum Gasteiger partial charge on any atom is -0.319 e. The first-order valence-electron chi connectivity index (χ1n) is 6.77. The number of rotatable bonds is 5. The Kier molecular flexibility index (Phi) is 2.69. The van der Waals surface area contributed by atoms with E-state index in [0.717, 1.165) is 31.3 Å². The van der Waals surface area contributed by atoms with E-state index in [4.69, 9.17) is 0 Å². The largest absolute Gasteiger partial charge is 0.319 e. The molecule has 4 heteroatoms. The topological polar surface area (TPSA) is 42.7 Å². The van der Waals surface area contributed by atoms with E-state index in [0.29, 0.717) is 5.41 Å². The second kappa shape index (κ2) is 4.09. The van der Waals surface area contributed by atoms with Crippen LogP contribution in [0.3, 0.4) is 0 Å². The minimum absolute atomic E-state index is 0.447. The van der Waals surface area contributed by atoms with Gasteiger partial charge in [-0.1, -0.05) is 0 Å². The van der Waals surface area contributed by atoms with E-state index in [-0.39, 0.29) is 0 Å². The van der Waals surface area contributed by atoms with Gasteiger partial charge in [-0.25, -0.2) is 4.98 Å². The number of hydrogen-bond acceptors (Lipinski definition) is 3. The zero-order valence-corrected chi connectivity index (χ0v) is 10.8. The van der Waals surface area contributed by atoms with Gasteiger partial charge < -0.3 is 5.32 Å². The van der Waals surface area contributed by atoms with E-state index in [1.165, 1.54) is 25.1 Å². The smallest absolute Gasteiger partial charge is 0.138 e. The minimum atomic E-state index is 0.447. The van der Waals surface area contributed by atoms with Gasteiger partial charge in [-0.3, -0.25) is 4.68 Å². The Morgan fingerprint density at radius 1 is 1.47 bits per heavy atom. The van der Waals surface area contributed by atoms with Crippen molar-refractivity contribution in [2.24, 2.45) is 17.3 Å². The molecule has 0 radical (unpaired) electrons. The molecule has 0 amide bonds. The van der Waals surface area contributed by atoms with Crippen LogP contribution >= 0.6 is 0 Å². The van der Waals surface area contributed by atoms with Gasteiger partial charge in [0.1, 0.15) is 12.2 Å². The van der Waals surface area contributed by atoms with Crippen molar-refractivity contribution >= 4 is 0 Å². The molecule has 0 spiro atoms. The van der Waals surface area contributed by atoms with Gasteiger partial charge in [-0.2, -0.15) is 5.10 Å². The highest BCUT2D eigenvalue weighted by molar-refractivity contribution is 5.07. The summed E-state index contributed by atoms with van der Waals surface area (Å²) in [7, 11) is 2.07. The van der Waals surface area contributed by atoms with E-state index in [2.05, 4.69) is 29.4 Å². The summed E-state index contributed by atoms with van der Waals surface area (Å²) in [5.41, 5.74) is 0.447. The lowest BCUT2D eigenvalue weighted by atomic mass is 9.79. The van der Waals surface area contributed by atoms with Gasteiger partial charge in [0.25, 0.3) is 0 Å². The SMILES string of the molecule is CCn1ncnc1CC1(CNC)CC2CC2C1. The molecule has 3 rings (SSSR count). The highest BCUT2D eigenvalue weighted by Gasteiger charge is 2.53. The van der Waals surface area contributed by atoms with Gasteiger partial charge in [0.2, 0.25) is 0 Å². The summed E-state index contributed by atoms with van der Waals surface area (Å²) >= 11 is 0. The van der Waals surface area contributed by atoms with Crippen LogP contribution in [0.15, 0.2) is 6.33 Å². The summed E-state index contributed by atoms with van der Waals surface area (Å²) < 4.78 is 2.04. The number of hydrogen-bond donors (Lipinski definition) is 1. The summed E-state index contributed by atoms with van der Waals surface area (Å²) in [6.45, 7) is 4.18. The van der Waals surface area contributed by atoms with Crippen LogP contribution in [0.5, 0.6) is 0 Å². The molecule has 4 nitrogen and oxygen atoms in total. The summed E-state index contributed by atoms with van der Waals surface area (Å²) in [5, 5.41) is 7.67. The average Bonchev–Trinajstić information content (AvgIpc) is 2.76. The number of fused-ring (bicyclic) bond motifs is 1. The van der Waals surface area contributed by atoms with Gasteiger partial charge >= 0.3 is 0 Å². The zero-order chi connectivity index (χ0) is 11.9. The number of aromatic nitrogens is 3.